The minimum Gasteiger partial charge on any atom is -0.478 e. The Bertz CT molecular complexity index is 540. The lowest BCUT2D eigenvalue weighted by molar-refractivity contribution is 0.0698. The van der Waals surface area contributed by atoms with Crippen LogP contribution in [0.2, 0.25) is 0 Å². The molecule has 1 rings (SSSR count). The normalized spacial score (nSPS) is 11.2. The molecule has 0 aliphatic heterocycles. The molecule has 0 aliphatic carbocycles. The molecule has 7 heteroatoms. The summed E-state index contributed by atoms with van der Waals surface area (Å²) >= 11 is 0. The first kappa shape index (κ1) is 14.5. The van der Waals surface area contributed by atoms with Gasteiger partial charge in [0.05, 0.1) is 11.3 Å². The number of sulfonamides is 1. The first-order valence-electron chi connectivity index (χ1n) is 5.35. The molecule has 1 aromatic carbocycles. The first-order chi connectivity index (χ1) is 8.35. The molecule has 0 bridgehead atoms. The zero-order valence-corrected chi connectivity index (χ0v) is 11.0. The van der Waals surface area contributed by atoms with Crippen LogP contribution in [0.15, 0.2) is 18.2 Å². The summed E-state index contributed by atoms with van der Waals surface area (Å²) in [6.07, 6.45) is 0. The highest BCUT2D eigenvalue weighted by Crippen LogP contribution is 2.17. The van der Waals surface area contributed by atoms with Gasteiger partial charge in [-0.3, -0.25) is 0 Å². The van der Waals surface area contributed by atoms with Gasteiger partial charge in [-0.15, -0.1) is 0 Å². The molecule has 18 heavy (non-hydrogen) atoms. The molecular formula is C11H16N2O4S. The number of anilines is 1. The fourth-order valence-corrected chi connectivity index (χ4v) is 1.99. The lowest BCUT2D eigenvalue weighted by atomic mass is 10.1. The van der Waals surface area contributed by atoms with Crippen LogP contribution in [0.4, 0.5) is 5.69 Å². The monoisotopic (exact) mass is 272 g/mol. The third kappa shape index (κ3) is 4.01. The van der Waals surface area contributed by atoms with E-state index in [9.17, 15) is 13.2 Å². The summed E-state index contributed by atoms with van der Waals surface area (Å²) in [7, 11) is -1.95. The van der Waals surface area contributed by atoms with E-state index < -0.39 is 16.0 Å². The number of aromatic carboxylic acids is 1. The number of nitrogens with one attached hydrogen (secondary N) is 2. The molecule has 0 aromatic heterocycles. The van der Waals surface area contributed by atoms with Crippen molar-refractivity contribution in [3.8, 4) is 0 Å². The van der Waals surface area contributed by atoms with Crippen molar-refractivity contribution >= 4 is 21.7 Å². The van der Waals surface area contributed by atoms with E-state index in [1.165, 1.54) is 13.1 Å². The molecule has 0 fully saturated rings. The van der Waals surface area contributed by atoms with Crippen LogP contribution >= 0.6 is 0 Å². The Morgan fingerprint density at radius 1 is 1.39 bits per heavy atom. The largest absolute Gasteiger partial charge is 0.478 e. The number of benzene rings is 1. The van der Waals surface area contributed by atoms with Gasteiger partial charge in [-0.1, -0.05) is 6.07 Å². The van der Waals surface area contributed by atoms with Gasteiger partial charge >= 0.3 is 5.97 Å². The molecule has 0 unspecified atom stereocenters. The van der Waals surface area contributed by atoms with Crippen LogP contribution in [0.25, 0.3) is 0 Å². The fraction of sp³-hybridized carbons (Fsp3) is 0.364. The van der Waals surface area contributed by atoms with Gasteiger partial charge < -0.3 is 10.4 Å². The molecule has 3 N–H and O–H groups in total. The molecule has 0 radical (unpaired) electrons. The maximum absolute atomic E-state index is 11.2. The number of hydrogen-bond acceptors (Lipinski definition) is 4. The Hall–Kier alpha value is -1.60. The summed E-state index contributed by atoms with van der Waals surface area (Å²) in [6, 6.07) is 4.86. The molecule has 0 amide bonds. The second-order valence-electron chi connectivity index (χ2n) is 3.80. The van der Waals surface area contributed by atoms with Gasteiger partial charge in [-0.2, -0.15) is 0 Å². The van der Waals surface area contributed by atoms with Gasteiger partial charge in [0, 0.05) is 12.2 Å². The second kappa shape index (κ2) is 5.83. The van der Waals surface area contributed by atoms with E-state index in [1.807, 2.05) is 6.92 Å². The van der Waals surface area contributed by atoms with Crippen molar-refractivity contribution < 1.29 is 18.3 Å². The van der Waals surface area contributed by atoms with E-state index in [4.69, 9.17) is 5.11 Å². The highest BCUT2D eigenvalue weighted by molar-refractivity contribution is 7.89. The predicted molar refractivity (Wildman–Crippen MR) is 69.5 cm³/mol. The maximum atomic E-state index is 11.2. The molecule has 100 valence electrons. The minimum atomic E-state index is -3.29. The van der Waals surface area contributed by atoms with Crippen LogP contribution in [-0.2, 0) is 10.0 Å². The Morgan fingerprint density at radius 3 is 2.61 bits per heavy atom. The molecule has 0 saturated carbocycles. The quantitative estimate of drug-likeness (QED) is 0.707. The average Bonchev–Trinajstić information content (AvgIpc) is 2.28. The molecule has 0 spiro atoms. The third-order valence-electron chi connectivity index (χ3n) is 2.40. The first-order valence-corrected chi connectivity index (χ1v) is 7.00. The number of carboxylic acids is 1. The highest BCUT2D eigenvalue weighted by Gasteiger charge is 2.11. The summed E-state index contributed by atoms with van der Waals surface area (Å²) in [4.78, 5) is 11.0. The number of hydrogen-bond donors (Lipinski definition) is 3. The summed E-state index contributed by atoms with van der Waals surface area (Å²) < 4.78 is 24.6. The van der Waals surface area contributed by atoms with Crippen molar-refractivity contribution in [1.82, 2.24) is 4.72 Å². The zero-order chi connectivity index (χ0) is 13.8. The number of aryl methyl sites for hydroxylation is 1. The van der Waals surface area contributed by atoms with Gasteiger partial charge in [0.1, 0.15) is 0 Å². The number of rotatable bonds is 6. The highest BCUT2D eigenvalue weighted by atomic mass is 32.2. The smallest absolute Gasteiger partial charge is 0.337 e. The summed E-state index contributed by atoms with van der Waals surface area (Å²) in [5.41, 5.74) is 1.45. The minimum absolute atomic E-state index is 0.115. The van der Waals surface area contributed by atoms with Crippen LogP contribution in [-0.4, -0.2) is 38.8 Å². The molecule has 6 nitrogen and oxygen atoms in total. The van der Waals surface area contributed by atoms with Crippen molar-refractivity contribution in [2.75, 3.05) is 24.7 Å². The van der Waals surface area contributed by atoms with Gasteiger partial charge in [0.2, 0.25) is 10.0 Å². The third-order valence-corrected chi connectivity index (χ3v) is 3.77. The second-order valence-corrected chi connectivity index (χ2v) is 5.85. The Morgan fingerprint density at radius 2 is 2.06 bits per heavy atom. The Kier molecular flexibility index (Phi) is 4.69. The molecular weight excluding hydrogens is 256 g/mol. The van der Waals surface area contributed by atoms with Crippen molar-refractivity contribution in [2.45, 2.75) is 6.92 Å². The van der Waals surface area contributed by atoms with Gasteiger partial charge in [-0.25, -0.2) is 17.9 Å². The number of carboxylic acid groups (broad SMARTS) is 1. The fourth-order valence-electron chi connectivity index (χ4n) is 1.41. The predicted octanol–water partition coefficient (Wildman–Crippen LogP) is 0.654. The van der Waals surface area contributed by atoms with E-state index in [1.54, 1.807) is 12.1 Å². The van der Waals surface area contributed by atoms with Crippen LogP contribution in [0, 0.1) is 6.92 Å². The lowest BCUT2D eigenvalue weighted by Gasteiger charge is -2.10. The van der Waals surface area contributed by atoms with E-state index >= 15 is 0 Å². The molecule has 0 atom stereocenters. The molecule has 1 aromatic rings. The van der Waals surface area contributed by atoms with Crippen molar-refractivity contribution in [3.05, 3.63) is 29.3 Å². The van der Waals surface area contributed by atoms with Crippen molar-refractivity contribution in [3.63, 3.8) is 0 Å². The van der Waals surface area contributed by atoms with Crippen molar-refractivity contribution in [2.24, 2.45) is 0 Å². The summed E-state index contributed by atoms with van der Waals surface area (Å²) in [5, 5.41) is 11.8. The van der Waals surface area contributed by atoms with E-state index in [0.29, 0.717) is 5.69 Å². The van der Waals surface area contributed by atoms with E-state index in [2.05, 4.69) is 10.0 Å². The summed E-state index contributed by atoms with van der Waals surface area (Å²) in [6.45, 7) is 1.98. The number of carbonyl (C=O) groups is 1. The van der Waals surface area contributed by atoms with Crippen molar-refractivity contribution in [1.29, 1.82) is 0 Å². The van der Waals surface area contributed by atoms with Gasteiger partial charge in [0.25, 0.3) is 0 Å². The van der Waals surface area contributed by atoms with E-state index in [0.717, 1.165) is 5.56 Å². The van der Waals surface area contributed by atoms with Crippen LogP contribution in [0.5, 0.6) is 0 Å². The summed E-state index contributed by atoms with van der Waals surface area (Å²) in [5.74, 6) is -1.16. The van der Waals surface area contributed by atoms with Gasteiger partial charge in [-0.05, 0) is 31.7 Å². The molecule has 0 heterocycles. The topological polar surface area (TPSA) is 95.5 Å². The SMILES string of the molecule is CNS(=O)(=O)CCNc1cc(C)ccc1C(=O)O. The lowest BCUT2D eigenvalue weighted by Crippen LogP contribution is -2.26. The molecule has 0 saturated heterocycles. The van der Waals surface area contributed by atoms with Crippen LogP contribution in [0.1, 0.15) is 15.9 Å². The van der Waals surface area contributed by atoms with Crippen LogP contribution in [0.3, 0.4) is 0 Å². The van der Waals surface area contributed by atoms with E-state index in [-0.39, 0.29) is 17.9 Å². The zero-order valence-electron chi connectivity index (χ0n) is 10.2. The molecule has 0 aliphatic rings. The van der Waals surface area contributed by atoms with Crippen LogP contribution < -0.4 is 10.0 Å². The standard InChI is InChI=1S/C11H16N2O4S/c1-8-3-4-9(11(14)15)10(7-8)13-5-6-18(16,17)12-2/h3-4,7,12-13H,5-6H2,1-2H3,(H,14,15). The Balaban J connectivity index is 2.78. The Labute approximate surface area is 106 Å². The van der Waals surface area contributed by atoms with Gasteiger partial charge in [0.15, 0.2) is 0 Å². The maximum Gasteiger partial charge on any atom is 0.337 e. The average molecular weight is 272 g/mol.